The molecule has 0 spiro atoms. The van der Waals surface area contributed by atoms with Crippen molar-refractivity contribution in [3.63, 3.8) is 0 Å². The Morgan fingerprint density at radius 2 is 2.35 bits per heavy atom. The van der Waals surface area contributed by atoms with Gasteiger partial charge in [-0.05, 0) is 19.1 Å². The van der Waals surface area contributed by atoms with Crippen LogP contribution in [-0.4, -0.2) is 20.7 Å². The number of hydrogen-bond donors (Lipinski definition) is 2. The zero-order chi connectivity index (χ0) is 12.4. The number of nitrogens with two attached hydrogens (primary N) is 1. The fraction of sp³-hybridized carbons (Fsp3) is 0.300. The lowest BCUT2D eigenvalue weighted by Gasteiger charge is -2.08. The molecule has 2 rings (SSSR count). The Hall–Kier alpha value is -1.24. The number of benzene rings is 1. The van der Waals surface area contributed by atoms with E-state index in [1.54, 1.807) is 19.1 Å². The van der Waals surface area contributed by atoms with Gasteiger partial charge in [0.15, 0.2) is 0 Å². The molecule has 1 aromatic carbocycles. The molecule has 3 N–H and O–H groups in total. The third kappa shape index (κ3) is 2.71. The molecule has 0 aliphatic heterocycles. The van der Waals surface area contributed by atoms with Gasteiger partial charge in [0.1, 0.15) is 11.0 Å². The van der Waals surface area contributed by atoms with Crippen molar-refractivity contribution in [2.45, 2.75) is 19.4 Å². The number of nitrogens with zero attached hydrogens (tertiary/aromatic N) is 2. The molecule has 1 aromatic heterocycles. The summed E-state index contributed by atoms with van der Waals surface area (Å²) in [5.41, 5.74) is 7.39. The zero-order valence-corrected chi connectivity index (χ0v) is 10.7. The molecule has 7 heteroatoms. The molecule has 1 heterocycles. The van der Waals surface area contributed by atoms with Crippen LogP contribution in [0.3, 0.4) is 0 Å². The van der Waals surface area contributed by atoms with Gasteiger partial charge in [-0.15, -0.1) is 0 Å². The van der Waals surface area contributed by atoms with E-state index in [-0.39, 0.29) is 18.4 Å². The Morgan fingerprint density at radius 1 is 1.59 bits per heavy atom. The third-order valence-corrected chi connectivity index (χ3v) is 3.01. The van der Waals surface area contributed by atoms with E-state index >= 15 is 0 Å². The van der Waals surface area contributed by atoms with Crippen LogP contribution in [0.2, 0.25) is 5.02 Å². The molecule has 0 aliphatic carbocycles. The molecule has 1 unspecified atom stereocenters. The number of rotatable bonds is 3. The predicted molar refractivity (Wildman–Crippen MR) is 69.3 cm³/mol. The number of anilines is 1. The predicted octanol–water partition coefficient (Wildman–Crippen LogP) is 2.02. The molecule has 0 saturated carbocycles. The number of nitrogens with one attached hydrogen (secondary N) is 1. The van der Waals surface area contributed by atoms with Crippen LogP contribution >= 0.6 is 23.3 Å². The van der Waals surface area contributed by atoms with Crippen molar-refractivity contribution >= 4 is 46.0 Å². The van der Waals surface area contributed by atoms with E-state index in [9.17, 15) is 4.79 Å². The van der Waals surface area contributed by atoms with Crippen molar-refractivity contribution < 1.29 is 4.79 Å². The maximum absolute atomic E-state index is 11.6. The first-order valence-electron chi connectivity index (χ1n) is 5.04. The first-order chi connectivity index (χ1) is 8.08. The van der Waals surface area contributed by atoms with E-state index in [2.05, 4.69) is 14.1 Å². The zero-order valence-electron chi connectivity index (χ0n) is 9.11. The van der Waals surface area contributed by atoms with Gasteiger partial charge < -0.3 is 11.1 Å². The van der Waals surface area contributed by atoms with E-state index in [0.29, 0.717) is 16.2 Å². The van der Waals surface area contributed by atoms with Crippen molar-refractivity contribution in [3.05, 3.63) is 17.2 Å². The SMILES string of the molecule is CC(N)CC(=O)Nc1c(Cl)ccc2nsnc12. The van der Waals surface area contributed by atoms with Crippen molar-refractivity contribution in [1.29, 1.82) is 0 Å². The van der Waals surface area contributed by atoms with Gasteiger partial charge in [0.05, 0.1) is 22.4 Å². The van der Waals surface area contributed by atoms with Gasteiger partial charge in [-0.1, -0.05) is 11.6 Å². The van der Waals surface area contributed by atoms with Crippen LogP contribution in [0, 0.1) is 0 Å². The Balaban J connectivity index is 2.31. The molecule has 2 aromatic rings. The molecular weight excluding hydrogens is 260 g/mol. The van der Waals surface area contributed by atoms with Crippen molar-refractivity contribution in [3.8, 4) is 0 Å². The second kappa shape index (κ2) is 4.95. The molecule has 0 radical (unpaired) electrons. The lowest BCUT2D eigenvalue weighted by atomic mass is 10.2. The number of carbonyl (C=O) groups excluding carboxylic acids is 1. The Bertz CT molecular complexity index is 554. The molecule has 0 bridgehead atoms. The standard InChI is InChI=1S/C10H11ClN4OS/c1-5(12)4-8(16)13-9-6(11)2-3-7-10(9)15-17-14-7/h2-3,5H,4,12H2,1H3,(H,13,16). The Kier molecular flexibility index (Phi) is 3.56. The summed E-state index contributed by atoms with van der Waals surface area (Å²) < 4.78 is 8.20. The van der Waals surface area contributed by atoms with Crippen molar-refractivity contribution in [1.82, 2.24) is 8.75 Å². The second-order valence-electron chi connectivity index (χ2n) is 3.78. The normalized spacial score (nSPS) is 12.6. The molecule has 17 heavy (non-hydrogen) atoms. The summed E-state index contributed by atoms with van der Waals surface area (Å²) in [5.74, 6) is -0.178. The smallest absolute Gasteiger partial charge is 0.226 e. The highest BCUT2D eigenvalue weighted by Crippen LogP contribution is 2.29. The van der Waals surface area contributed by atoms with Crippen LogP contribution in [-0.2, 0) is 4.79 Å². The number of fused-ring (bicyclic) bond motifs is 1. The highest BCUT2D eigenvalue weighted by molar-refractivity contribution is 7.00. The van der Waals surface area contributed by atoms with Gasteiger partial charge in [-0.2, -0.15) is 8.75 Å². The molecule has 0 fully saturated rings. The largest absolute Gasteiger partial charge is 0.327 e. The summed E-state index contributed by atoms with van der Waals surface area (Å²) >= 11 is 7.11. The highest BCUT2D eigenvalue weighted by atomic mass is 35.5. The van der Waals surface area contributed by atoms with Gasteiger partial charge in [0, 0.05) is 12.5 Å². The van der Waals surface area contributed by atoms with E-state index in [1.165, 1.54) is 0 Å². The molecule has 1 atom stereocenters. The number of halogens is 1. The first kappa shape index (κ1) is 12.2. The summed E-state index contributed by atoms with van der Waals surface area (Å²) in [6, 6.07) is 3.26. The van der Waals surface area contributed by atoms with E-state index in [4.69, 9.17) is 17.3 Å². The lowest BCUT2D eigenvalue weighted by molar-refractivity contribution is -0.116. The number of amides is 1. The van der Waals surface area contributed by atoms with Crippen molar-refractivity contribution in [2.24, 2.45) is 5.73 Å². The summed E-state index contributed by atoms with van der Waals surface area (Å²) in [7, 11) is 0. The van der Waals surface area contributed by atoms with Crippen LogP contribution in [0.25, 0.3) is 11.0 Å². The average Bonchev–Trinajstić information content (AvgIpc) is 2.69. The average molecular weight is 271 g/mol. The second-order valence-corrected chi connectivity index (χ2v) is 4.72. The summed E-state index contributed by atoms with van der Waals surface area (Å²) in [5, 5.41) is 3.17. The molecule has 0 saturated heterocycles. The van der Waals surface area contributed by atoms with E-state index < -0.39 is 0 Å². The third-order valence-electron chi connectivity index (χ3n) is 2.15. The summed E-state index contributed by atoms with van der Waals surface area (Å²) in [6.45, 7) is 1.77. The summed E-state index contributed by atoms with van der Waals surface area (Å²) in [6.07, 6.45) is 0.240. The molecule has 90 valence electrons. The van der Waals surface area contributed by atoms with Crippen LogP contribution < -0.4 is 11.1 Å². The topological polar surface area (TPSA) is 80.9 Å². The van der Waals surface area contributed by atoms with Gasteiger partial charge in [-0.3, -0.25) is 4.79 Å². The van der Waals surface area contributed by atoms with Gasteiger partial charge in [0.2, 0.25) is 5.91 Å². The van der Waals surface area contributed by atoms with Crippen LogP contribution in [0.5, 0.6) is 0 Å². The molecule has 0 aliphatic rings. The maximum Gasteiger partial charge on any atom is 0.226 e. The first-order valence-corrected chi connectivity index (χ1v) is 6.15. The maximum atomic E-state index is 11.6. The minimum absolute atomic E-state index is 0.178. The van der Waals surface area contributed by atoms with Gasteiger partial charge >= 0.3 is 0 Å². The van der Waals surface area contributed by atoms with Gasteiger partial charge in [-0.25, -0.2) is 0 Å². The molecule has 5 nitrogen and oxygen atoms in total. The highest BCUT2D eigenvalue weighted by Gasteiger charge is 2.13. The fourth-order valence-corrected chi connectivity index (χ4v) is 2.17. The number of aromatic nitrogens is 2. The minimum Gasteiger partial charge on any atom is -0.327 e. The number of hydrogen-bond acceptors (Lipinski definition) is 5. The minimum atomic E-state index is -0.193. The Labute approximate surface area is 107 Å². The van der Waals surface area contributed by atoms with Crippen molar-refractivity contribution in [2.75, 3.05) is 5.32 Å². The lowest BCUT2D eigenvalue weighted by Crippen LogP contribution is -2.24. The summed E-state index contributed by atoms with van der Waals surface area (Å²) in [4.78, 5) is 11.6. The molecule has 1 amide bonds. The van der Waals surface area contributed by atoms with Crippen LogP contribution in [0.4, 0.5) is 5.69 Å². The quantitative estimate of drug-likeness (QED) is 0.894. The van der Waals surface area contributed by atoms with Crippen LogP contribution in [0.1, 0.15) is 13.3 Å². The monoisotopic (exact) mass is 270 g/mol. The Morgan fingerprint density at radius 3 is 3.06 bits per heavy atom. The molecular formula is C10H11ClN4OS. The van der Waals surface area contributed by atoms with Gasteiger partial charge in [0.25, 0.3) is 0 Å². The number of carbonyl (C=O) groups is 1. The van der Waals surface area contributed by atoms with Crippen LogP contribution in [0.15, 0.2) is 12.1 Å². The van der Waals surface area contributed by atoms with E-state index in [1.807, 2.05) is 0 Å². The van der Waals surface area contributed by atoms with E-state index in [0.717, 1.165) is 17.2 Å². The fourth-order valence-electron chi connectivity index (χ4n) is 1.43.